The Morgan fingerprint density at radius 2 is 1.38 bits per heavy atom. The Hall–Kier alpha value is -2.76. The summed E-state index contributed by atoms with van der Waals surface area (Å²) in [7, 11) is 3.08. The van der Waals surface area contributed by atoms with E-state index in [1.54, 1.807) is 0 Å². The molecule has 1 saturated carbocycles. The smallest absolute Gasteiger partial charge is 0.233 e. The van der Waals surface area contributed by atoms with Crippen molar-refractivity contribution in [1.29, 1.82) is 0 Å². The summed E-state index contributed by atoms with van der Waals surface area (Å²) in [6.45, 7) is 2.01. The summed E-state index contributed by atoms with van der Waals surface area (Å²) >= 11 is 0. The molecule has 2 bridgehead atoms. The zero-order valence-corrected chi connectivity index (χ0v) is 16.6. The van der Waals surface area contributed by atoms with Crippen LogP contribution in [0.3, 0.4) is 0 Å². The first kappa shape index (κ1) is 17.1. The van der Waals surface area contributed by atoms with E-state index in [-0.39, 0.29) is 23.6 Å². The van der Waals surface area contributed by atoms with Crippen molar-refractivity contribution in [2.45, 2.75) is 19.8 Å². The lowest BCUT2D eigenvalue weighted by molar-refractivity contribution is -0.147. The number of fused-ring (bicyclic) bond motifs is 1. The first-order chi connectivity index (χ1) is 13.8. The summed E-state index contributed by atoms with van der Waals surface area (Å²) in [5, 5.41) is 0. The van der Waals surface area contributed by atoms with Crippen LogP contribution in [-0.4, -0.2) is 47.5 Å². The Kier molecular flexibility index (Phi) is 2.98. The maximum atomic E-state index is 13.3. The first-order valence-electron chi connectivity index (χ1n) is 10.2. The number of carbonyl (C=O) groups is 4. The molecule has 0 aromatic heterocycles. The highest BCUT2D eigenvalue weighted by Gasteiger charge is 2.77. The largest absolute Gasteiger partial charge is 0.285 e. The van der Waals surface area contributed by atoms with E-state index < -0.39 is 35.0 Å². The van der Waals surface area contributed by atoms with Gasteiger partial charge in [-0.25, -0.2) is 0 Å². The molecule has 148 valence electrons. The fraction of sp³-hybridized carbons (Fsp3) is 0.478. The van der Waals surface area contributed by atoms with Crippen LogP contribution in [-0.2, 0) is 25.6 Å². The highest BCUT2D eigenvalue weighted by Crippen LogP contribution is 2.72. The van der Waals surface area contributed by atoms with Crippen LogP contribution in [0.15, 0.2) is 29.8 Å². The van der Waals surface area contributed by atoms with E-state index in [4.69, 9.17) is 0 Å². The van der Waals surface area contributed by atoms with Gasteiger partial charge in [0.15, 0.2) is 0 Å². The lowest BCUT2D eigenvalue weighted by Gasteiger charge is -2.60. The average Bonchev–Trinajstić information content (AvgIpc) is 3.10. The number of hydrogen-bond acceptors (Lipinski definition) is 4. The molecule has 0 N–H and O–H groups in total. The Morgan fingerprint density at radius 1 is 0.828 bits per heavy atom. The summed E-state index contributed by atoms with van der Waals surface area (Å²) in [6.07, 6.45) is 1.35. The Morgan fingerprint density at radius 3 is 1.97 bits per heavy atom. The van der Waals surface area contributed by atoms with Crippen molar-refractivity contribution >= 4 is 29.2 Å². The maximum absolute atomic E-state index is 13.3. The molecule has 6 aliphatic rings. The third kappa shape index (κ3) is 1.60. The Balaban J connectivity index is 1.72. The lowest BCUT2D eigenvalue weighted by Crippen LogP contribution is -2.61. The van der Waals surface area contributed by atoms with Gasteiger partial charge in [0.05, 0.1) is 23.7 Å². The number of hydrogen-bond donors (Lipinski definition) is 0. The number of likely N-dealkylation sites (tertiary alicyclic amines) is 2. The summed E-state index contributed by atoms with van der Waals surface area (Å²) in [5.41, 5.74) is 3.59. The third-order valence-electron chi connectivity index (χ3n) is 8.48. The highest BCUT2D eigenvalue weighted by molar-refractivity contribution is 6.14. The number of carbonyl (C=O) groups excluding carboxylic acids is 4. The predicted molar refractivity (Wildman–Crippen MR) is 103 cm³/mol. The molecule has 0 radical (unpaired) electrons. The van der Waals surface area contributed by atoms with E-state index in [1.807, 2.05) is 19.1 Å². The third-order valence-corrected chi connectivity index (χ3v) is 8.48. The zero-order valence-electron chi connectivity index (χ0n) is 16.6. The topological polar surface area (TPSA) is 74.8 Å². The Bertz CT molecular complexity index is 1040. The van der Waals surface area contributed by atoms with Gasteiger partial charge >= 0.3 is 0 Å². The Labute approximate surface area is 168 Å². The number of imide groups is 2. The lowest BCUT2D eigenvalue weighted by atomic mass is 9.39. The van der Waals surface area contributed by atoms with Crippen molar-refractivity contribution in [1.82, 2.24) is 9.80 Å². The van der Waals surface area contributed by atoms with Gasteiger partial charge in [-0.3, -0.25) is 29.0 Å². The van der Waals surface area contributed by atoms with Crippen LogP contribution < -0.4 is 0 Å². The van der Waals surface area contributed by atoms with Crippen LogP contribution >= 0.6 is 0 Å². The maximum Gasteiger partial charge on any atom is 0.233 e. The van der Waals surface area contributed by atoms with Gasteiger partial charge < -0.3 is 0 Å². The van der Waals surface area contributed by atoms with Gasteiger partial charge in [0.1, 0.15) is 0 Å². The second-order valence-corrected chi connectivity index (χ2v) is 9.26. The zero-order chi connectivity index (χ0) is 20.4. The minimum atomic E-state index is -0.780. The number of benzene rings is 1. The van der Waals surface area contributed by atoms with E-state index in [1.165, 1.54) is 29.5 Å². The molecule has 2 saturated heterocycles. The monoisotopic (exact) mass is 390 g/mol. The van der Waals surface area contributed by atoms with Crippen molar-refractivity contribution in [3.05, 3.63) is 41.0 Å². The molecule has 4 aliphatic carbocycles. The molecular formula is C23H22N2O4. The second kappa shape index (κ2) is 5.04. The first-order valence-corrected chi connectivity index (χ1v) is 10.2. The molecular weight excluding hydrogens is 368 g/mol. The van der Waals surface area contributed by atoms with E-state index in [0.717, 1.165) is 23.1 Å². The van der Waals surface area contributed by atoms with Crippen molar-refractivity contribution in [3.8, 4) is 0 Å². The quantitative estimate of drug-likeness (QED) is 0.629. The summed E-state index contributed by atoms with van der Waals surface area (Å²) in [6, 6.07) is 8.16. The molecule has 6 heteroatoms. The molecule has 1 aromatic rings. The predicted octanol–water partition coefficient (Wildman–Crippen LogP) is 1.50. The molecule has 4 atom stereocenters. The SMILES string of the molecule is CC1=C2c3ccccc3CCC23C2C(=O)N(C)C(=O)C2C1C1C(=O)N(C)C(=O)C13. The summed E-state index contributed by atoms with van der Waals surface area (Å²) < 4.78 is 0. The number of amides is 4. The standard InChI is InChI=1S/C23H22N2O4/c1-10-13-14-17(21(28)24(2)19(14)26)23(18-15(13)20(27)25(3)22(18)29)9-8-11-6-4-5-7-12(11)16(10)23/h4-7,13-15,17-18H,8-9H2,1-3H3. The van der Waals surface area contributed by atoms with E-state index in [9.17, 15) is 19.2 Å². The number of aryl methyl sites for hydroxylation is 1. The molecule has 4 amide bonds. The van der Waals surface area contributed by atoms with E-state index in [0.29, 0.717) is 6.42 Å². The van der Waals surface area contributed by atoms with Crippen LogP contribution in [0.2, 0.25) is 0 Å². The normalized spacial score (nSPS) is 39.8. The van der Waals surface area contributed by atoms with Crippen molar-refractivity contribution in [2.75, 3.05) is 14.1 Å². The fourth-order valence-corrected chi connectivity index (χ4v) is 7.50. The van der Waals surface area contributed by atoms with Crippen LogP contribution in [0.5, 0.6) is 0 Å². The van der Waals surface area contributed by atoms with Gasteiger partial charge in [-0.15, -0.1) is 0 Å². The van der Waals surface area contributed by atoms with Crippen LogP contribution in [0, 0.1) is 35.0 Å². The van der Waals surface area contributed by atoms with E-state index in [2.05, 4.69) is 12.1 Å². The summed E-state index contributed by atoms with van der Waals surface area (Å²) in [4.78, 5) is 55.4. The van der Waals surface area contributed by atoms with Crippen molar-refractivity contribution in [3.63, 3.8) is 0 Å². The van der Waals surface area contributed by atoms with Gasteiger partial charge in [0, 0.05) is 25.4 Å². The van der Waals surface area contributed by atoms with Gasteiger partial charge in [0.2, 0.25) is 23.6 Å². The van der Waals surface area contributed by atoms with Crippen LogP contribution in [0.25, 0.3) is 5.57 Å². The molecule has 2 heterocycles. The number of allylic oxidation sites excluding steroid dienone is 2. The summed E-state index contributed by atoms with van der Waals surface area (Å²) in [5.74, 6) is -3.36. The van der Waals surface area contributed by atoms with Crippen LogP contribution in [0.4, 0.5) is 0 Å². The average molecular weight is 390 g/mol. The van der Waals surface area contributed by atoms with Crippen molar-refractivity contribution in [2.24, 2.45) is 35.0 Å². The highest BCUT2D eigenvalue weighted by atomic mass is 16.2. The van der Waals surface area contributed by atoms with Gasteiger partial charge in [-0.2, -0.15) is 0 Å². The molecule has 1 spiro atoms. The van der Waals surface area contributed by atoms with Crippen LogP contribution in [0.1, 0.15) is 24.5 Å². The molecule has 3 fully saturated rings. The molecule has 2 aliphatic heterocycles. The molecule has 29 heavy (non-hydrogen) atoms. The van der Waals surface area contributed by atoms with Gasteiger partial charge in [-0.1, -0.05) is 29.8 Å². The van der Waals surface area contributed by atoms with E-state index >= 15 is 0 Å². The molecule has 4 unspecified atom stereocenters. The minimum absolute atomic E-state index is 0.192. The van der Waals surface area contributed by atoms with Gasteiger partial charge in [0.25, 0.3) is 0 Å². The van der Waals surface area contributed by atoms with Gasteiger partial charge in [-0.05, 0) is 36.5 Å². The minimum Gasteiger partial charge on any atom is -0.285 e. The van der Waals surface area contributed by atoms with Crippen molar-refractivity contribution < 1.29 is 19.2 Å². The molecule has 1 aromatic carbocycles. The number of rotatable bonds is 0. The fourth-order valence-electron chi connectivity index (χ4n) is 7.50. The molecule has 7 rings (SSSR count). The molecule has 6 nitrogen and oxygen atoms in total. The number of nitrogens with zero attached hydrogens (tertiary/aromatic N) is 2. The second-order valence-electron chi connectivity index (χ2n) is 9.26.